The van der Waals surface area contributed by atoms with Gasteiger partial charge in [-0.1, -0.05) is 22.0 Å². The summed E-state index contributed by atoms with van der Waals surface area (Å²) in [4.78, 5) is 34.6. The first kappa shape index (κ1) is 19.8. The molecule has 29 heavy (non-hydrogen) atoms. The number of thiazole rings is 1. The van der Waals surface area contributed by atoms with Gasteiger partial charge in [-0.2, -0.15) is 0 Å². The van der Waals surface area contributed by atoms with Gasteiger partial charge in [0.15, 0.2) is 5.13 Å². The van der Waals surface area contributed by atoms with E-state index < -0.39 is 0 Å². The summed E-state index contributed by atoms with van der Waals surface area (Å²) in [5.41, 5.74) is 2.23. The maximum atomic E-state index is 12.7. The van der Waals surface area contributed by atoms with Gasteiger partial charge in [-0.05, 0) is 37.3 Å². The molecule has 1 aromatic carbocycles. The Bertz CT molecular complexity index is 1220. The van der Waals surface area contributed by atoms with Crippen LogP contribution in [0.5, 0.6) is 0 Å². The third-order valence-corrected chi connectivity index (χ3v) is 6.72. The van der Waals surface area contributed by atoms with Crippen LogP contribution in [0.1, 0.15) is 27.2 Å². The predicted molar refractivity (Wildman–Crippen MR) is 122 cm³/mol. The average molecular weight is 489 g/mol. The largest absolute Gasteiger partial charge is 0.351 e. The van der Waals surface area contributed by atoms with Gasteiger partial charge in [-0.3, -0.25) is 14.9 Å². The number of amides is 2. The Morgan fingerprint density at radius 3 is 2.79 bits per heavy atom. The molecular weight excluding hydrogens is 472 g/mol. The summed E-state index contributed by atoms with van der Waals surface area (Å²) in [6, 6.07) is 11.6. The molecule has 0 saturated carbocycles. The fourth-order valence-corrected chi connectivity index (χ4v) is 5.12. The number of hydrogen-bond acceptors (Lipinski definition) is 5. The second-order valence-corrected chi connectivity index (χ2v) is 9.76. The third-order valence-electron chi connectivity index (χ3n) is 4.25. The van der Waals surface area contributed by atoms with Crippen molar-refractivity contribution in [1.82, 2.24) is 15.3 Å². The maximum absolute atomic E-state index is 12.7. The fourth-order valence-electron chi connectivity index (χ4n) is 2.88. The zero-order valence-corrected chi connectivity index (χ0v) is 18.8. The quantitative estimate of drug-likeness (QED) is 0.355. The Hall–Kier alpha value is -2.49. The molecule has 0 saturated heterocycles. The summed E-state index contributed by atoms with van der Waals surface area (Å²) in [7, 11) is 0. The van der Waals surface area contributed by atoms with Gasteiger partial charge < -0.3 is 10.3 Å². The number of fused-ring (bicyclic) bond motifs is 1. The minimum Gasteiger partial charge on any atom is -0.351 e. The lowest BCUT2D eigenvalue weighted by Crippen LogP contribution is -2.17. The van der Waals surface area contributed by atoms with E-state index in [2.05, 4.69) is 36.5 Å². The molecule has 0 aliphatic carbocycles. The molecule has 0 radical (unpaired) electrons. The molecule has 4 aromatic rings. The molecule has 0 fully saturated rings. The predicted octanol–water partition coefficient (Wildman–Crippen LogP) is 5.31. The number of hydrogen-bond donors (Lipinski definition) is 3. The second kappa shape index (κ2) is 8.10. The van der Waals surface area contributed by atoms with Crippen molar-refractivity contribution in [2.24, 2.45) is 0 Å². The van der Waals surface area contributed by atoms with Crippen LogP contribution in [-0.4, -0.2) is 21.8 Å². The van der Waals surface area contributed by atoms with E-state index in [0.717, 1.165) is 35.7 Å². The summed E-state index contributed by atoms with van der Waals surface area (Å²) in [6.07, 6.45) is 0. The molecule has 148 valence electrons. The van der Waals surface area contributed by atoms with Gasteiger partial charge in [0.05, 0.1) is 17.1 Å². The first-order chi connectivity index (χ1) is 13.9. The number of nitrogens with one attached hydrogen (secondary N) is 3. The highest BCUT2D eigenvalue weighted by Gasteiger charge is 2.16. The molecule has 9 heteroatoms. The maximum Gasteiger partial charge on any atom is 0.273 e. The van der Waals surface area contributed by atoms with Crippen LogP contribution < -0.4 is 10.6 Å². The zero-order valence-electron chi connectivity index (χ0n) is 15.6. The molecule has 0 unspecified atom stereocenters. The number of aryl methyl sites for hydroxylation is 1. The number of carbonyl (C=O) groups is 2. The molecule has 0 spiro atoms. The van der Waals surface area contributed by atoms with Gasteiger partial charge in [-0.15, -0.1) is 22.7 Å². The first-order valence-corrected chi connectivity index (χ1v) is 11.2. The smallest absolute Gasteiger partial charge is 0.273 e. The van der Waals surface area contributed by atoms with Crippen molar-refractivity contribution < 1.29 is 9.59 Å². The van der Waals surface area contributed by atoms with Gasteiger partial charge in [0.1, 0.15) is 5.69 Å². The highest BCUT2D eigenvalue weighted by atomic mass is 79.9. The van der Waals surface area contributed by atoms with Crippen molar-refractivity contribution >= 4 is 66.5 Å². The molecule has 3 aromatic heterocycles. The van der Waals surface area contributed by atoms with E-state index in [0.29, 0.717) is 17.4 Å². The van der Waals surface area contributed by atoms with Crippen LogP contribution in [0.25, 0.3) is 21.5 Å². The number of anilines is 1. The number of H-pyrrole nitrogens is 1. The van der Waals surface area contributed by atoms with E-state index in [1.165, 1.54) is 18.3 Å². The van der Waals surface area contributed by atoms with Gasteiger partial charge in [0, 0.05) is 32.1 Å². The number of nitrogens with zero attached hydrogens (tertiary/aromatic N) is 1. The minimum absolute atomic E-state index is 0.0564. The zero-order chi connectivity index (χ0) is 20.5. The van der Waals surface area contributed by atoms with Crippen molar-refractivity contribution in [3.63, 3.8) is 0 Å². The van der Waals surface area contributed by atoms with Crippen LogP contribution in [-0.2, 0) is 11.3 Å². The minimum atomic E-state index is -0.227. The Morgan fingerprint density at radius 1 is 1.17 bits per heavy atom. The molecule has 0 bridgehead atoms. The summed E-state index contributed by atoms with van der Waals surface area (Å²) < 4.78 is 0.952. The van der Waals surface area contributed by atoms with Crippen molar-refractivity contribution in [3.05, 3.63) is 56.3 Å². The summed E-state index contributed by atoms with van der Waals surface area (Å²) in [5.74, 6) is -0.283. The molecular formula is C20H17BrN4O2S2. The lowest BCUT2D eigenvalue weighted by molar-refractivity contribution is -0.119. The number of carbonyl (C=O) groups excluding carboxylic acids is 2. The third kappa shape index (κ3) is 4.42. The van der Waals surface area contributed by atoms with Crippen molar-refractivity contribution in [3.8, 4) is 10.6 Å². The van der Waals surface area contributed by atoms with Gasteiger partial charge >= 0.3 is 0 Å². The fraction of sp³-hybridized carbons (Fsp3) is 0.150. The molecule has 0 aliphatic rings. The second-order valence-electron chi connectivity index (χ2n) is 6.47. The van der Waals surface area contributed by atoms with Crippen LogP contribution in [0.15, 0.2) is 40.9 Å². The molecule has 6 nitrogen and oxygen atoms in total. The average Bonchev–Trinajstić information content (AvgIpc) is 3.37. The van der Waals surface area contributed by atoms with Crippen LogP contribution >= 0.6 is 38.6 Å². The van der Waals surface area contributed by atoms with Crippen molar-refractivity contribution in [1.29, 1.82) is 0 Å². The number of aromatic amines is 1. The molecule has 3 N–H and O–H groups in total. The van der Waals surface area contributed by atoms with E-state index in [4.69, 9.17) is 0 Å². The highest BCUT2D eigenvalue weighted by molar-refractivity contribution is 9.10. The summed E-state index contributed by atoms with van der Waals surface area (Å²) in [5, 5.41) is 7.21. The van der Waals surface area contributed by atoms with Crippen LogP contribution in [0.4, 0.5) is 5.13 Å². The lowest BCUT2D eigenvalue weighted by atomic mass is 10.2. The lowest BCUT2D eigenvalue weighted by Gasteiger charge is -1.98. The monoisotopic (exact) mass is 488 g/mol. The summed E-state index contributed by atoms with van der Waals surface area (Å²) in [6.45, 7) is 3.99. The number of benzene rings is 1. The van der Waals surface area contributed by atoms with E-state index >= 15 is 0 Å². The Labute approximate surface area is 183 Å². The van der Waals surface area contributed by atoms with Crippen molar-refractivity contribution in [2.75, 3.05) is 5.32 Å². The molecule has 0 atom stereocenters. The van der Waals surface area contributed by atoms with E-state index in [1.54, 1.807) is 11.3 Å². The van der Waals surface area contributed by atoms with Crippen LogP contribution in [0, 0.1) is 6.92 Å². The number of halogens is 1. The molecule has 0 aliphatic heterocycles. The summed E-state index contributed by atoms with van der Waals surface area (Å²) >= 11 is 6.46. The van der Waals surface area contributed by atoms with Gasteiger partial charge in [0.25, 0.3) is 5.91 Å². The van der Waals surface area contributed by atoms with E-state index in [1.807, 2.05) is 43.3 Å². The normalized spacial score (nSPS) is 11.0. The Kier molecular flexibility index (Phi) is 5.53. The molecule has 4 rings (SSSR count). The SMILES string of the molecule is CC(=O)NCc1ccc(-c2nc(NC(=O)c3cc4ccc(Br)cc4[nH]3)sc2C)s1. The number of thiophene rings is 1. The number of aromatic nitrogens is 2. The standard InChI is InChI=1S/C20H17BrN4O2S2/c1-10-18(17-6-5-14(29-17)9-22-11(2)26)24-20(28-10)25-19(27)16-7-12-3-4-13(21)8-15(12)23-16/h3-8,23H,9H2,1-2H3,(H,22,26)(H,24,25,27). The van der Waals surface area contributed by atoms with Crippen molar-refractivity contribution in [2.45, 2.75) is 20.4 Å². The Balaban J connectivity index is 1.51. The van der Waals surface area contributed by atoms with Crippen LogP contribution in [0.3, 0.4) is 0 Å². The highest BCUT2D eigenvalue weighted by Crippen LogP contribution is 2.35. The first-order valence-electron chi connectivity index (χ1n) is 8.79. The molecule has 2 amide bonds. The molecule has 3 heterocycles. The Morgan fingerprint density at radius 2 is 2.00 bits per heavy atom. The van der Waals surface area contributed by atoms with Gasteiger partial charge in [0.2, 0.25) is 5.91 Å². The van der Waals surface area contributed by atoms with Gasteiger partial charge in [-0.25, -0.2) is 4.98 Å². The number of rotatable bonds is 5. The van der Waals surface area contributed by atoms with E-state index in [9.17, 15) is 9.59 Å². The van der Waals surface area contributed by atoms with E-state index in [-0.39, 0.29) is 11.8 Å². The topological polar surface area (TPSA) is 86.9 Å². The van der Waals surface area contributed by atoms with Crippen LogP contribution in [0.2, 0.25) is 0 Å².